The Kier molecular flexibility index (Phi) is 5.11. The van der Waals surface area contributed by atoms with Gasteiger partial charge in [0.05, 0.1) is 0 Å². The number of aryl methyl sites for hydroxylation is 2. The van der Waals surface area contributed by atoms with Crippen LogP contribution in [0.25, 0.3) is 0 Å². The fourth-order valence-electron chi connectivity index (χ4n) is 1.75. The third-order valence-corrected chi connectivity index (χ3v) is 3.15. The van der Waals surface area contributed by atoms with Gasteiger partial charge in [-0.3, -0.25) is 4.79 Å². The van der Waals surface area contributed by atoms with Crippen LogP contribution in [0, 0.1) is 13.8 Å². The Bertz CT molecular complexity index is 663. The normalized spacial score (nSPS) is 11.1. The second-order valence-electron chi connectivity index (χ2n) is 4.63. The molecule has 1 aromatic carbocycles. The van der Waals surface area contributed by atoms with E-state index in [0.717, 1.165) is 17.1 Å². The van der Waals surface area contributed by atoms with E-state index in [1.165, 1.54) is 0 Å². The van der Waals surface area contributed by atoms with Gasteiger partial charge in [0.25, 0.3) is 9.70 Å². The summed E-state index contributed by atoms with van der Waals surface area (Å²) in [6.07, 6.45) is 0. The summed E-state index contributed by atoms with van der Waals surface area (Å²) in [5.74, 6) is -0.202. The Labute approximate surface area is 143 Å². The molecule has 22 heavy (non-hydrogen) atoms. The number of carbonyl (C=O) groups excluding carboxylic acids is 1. The number of rotatable bonds is 3. The van der Waals surface area contributed by atoms with Crippen molar-refractivity contribution in [3.05, 3.63) is 41.7 Å². The van der Waals surface area contributed by atoms with Crippen molar-refractivity contribution in [2.75, 3.05) is 10.6 Å². The van der Waals surface area contributed by atoms with Crippen molar-refractivity contribution in [2.45, 2.75) is 17.6 Å². The van der Waals surface area contributed by atoms with Gasteiger partial charge < -0.3 is 10.6 Å². The molecule has 0 unspecified atom stereocenters. The highest BCUT2D eigenvalue weighted by atomic mass is 35.6. The van der Waals surface area contributed by atoms with Crippen LogP contribution >= 0.6 is 34.8 Å². The summed E-state index contributed by atoms with van der Waals surface area (Å²) < 4.78 is -2.00. The van der Waals surface area contributed by atoms with E-state index in [9.17, 15) is 4.79 Å². The quantitative estimate of drug-likeness (QED) is 0.808. The number of nitrogens with one attached hydrogen (secondary N) is 2. The zero-order valence-corrected chi connectivity index (χ0v) is 14.1. The van der Waals surface area contributed by atoms with Gasteiger partial charge in [-0.15, -0.1) is 0 Å². The van der Waals surface area contributed by atoms with E-state index in [2.05, 4.69) is 20.6 Å². The maximum atomic E-state index is 11.5. The highest BCUT2D eigenvalue weighted by Crippen LogP contribution is 2.28. The first-order valence-electron chi connectivity index (χ1n) is 6.31. The Hall–Kier alpha value is -1.56. The number of halogens is 3. The largest absolute Gasteiger partial charge is 0.324 e. The number of hydrogen-bond donors (Lipinski definition) is 2. The van der Waals surface area contributed by atoms with Gasteiger partial charge in [0.15, 0.2) is 0 Å². The van der Waals surface area contributed by atoms with Gasteiger partial charge in [0, 0.05) is 22.8 Å². The van der Waals surface area contributed by atoms with Crippen LogP contribution < -0.4 is 10.6 Å². The molecule has 0 saturated carbocycles. The summed E-state index contributed by atoms with van der Waals surface area (Å²) >= 11 is 16.5. The van der Waals surface area contributed by atoms with E-state index in [0.29, 0.717) is 11.6 Å². The number of carbonyl (C=O) groups is 1. The minimum atomic E-state index is -2.00. The molecule has 0 aliphatic rings. The standard InChI is InChI=1S/C14H13Cl3N4O/c1-8-7-9(2)19-13(18-8)21-11-5-3-10(4-6-11)20-12(22)14(15,16)17/h3-7H,1-2H3,(H,20,22)(H,18,19,21). The van der Waals surface area contributed by atoms with Crippen LogP contribution in [0.2, 0.25) is 0 Å². The van der Waals surface area contributed by atoms with Gasteiger partial charge in [-0.25, -0.2) is 9.97 Å². The van der Waals surface area contributed by atoms with Gasteiger partial charge >= 0.3 is 0 Å². The number of nitrogens with zero attached hydrogens (tertiary/aromatic N) is 2. The van der Waals surface area contributed by atoms with Crippen molar-refractivity contribution in [3.63, 3.8) is 0 Å². The van der Waals surface area contributed by atoms with Crippen LogP contribution in [0.4, 0.5) is 17.3 Å². The predicted octanol–water partition coefficient (Wildman–Crippen LogP) is 4.15. The molecule has 0 fully saturated rings. The maximum Gasteiger partial charge on any atom is 0.276 e. The van der Waals surface area contributed by atoms with Gasteiger partial charge in [0.1, 0.15) is 0 Å². The number of hydrogen-bond acceptors (Lipinski definition) is 4. The lowest BCUT2D eigenvalue weighted by Gasteiger charge is -2.12. The first-order valence-corrected chi connectivity index (χ1v) is 7.45. The van der Waals surface area contributed by atoms with E-state index in [1.54, 1.807) is 24.3 Å². The molecule has 2 rings (SSSR count). The minimum Gasteiger partial charge on any atom is -0.324 e. The fourth-order valence-corrected chi connectivity index (χ4v) is 1.89. The molecule has 0 bridgehead atoms. The van der Waals surface area contributed by atoms with Gasteiger partial charge in [0.2, 0.25) is 5.95 Å². The van der Waals surface area contributed by atoms with Crippen LogP contribution in [0.3, 0.4) is 0 Å². The van der Waals surface area contributed by atoms with Crippen molar-refractivity contribution in [2.24, 2.45) is 0 Å². The Morgan fingerprint density at radius 1 is 1.00 bits per heavy atom. The molecule has 0 spiro atoms. The van der Waals surface area contributed by atoms with Gasteiger partial charge in [-0.05, 0) is 44.2 Å². The minimum absolute atomic E-state index is 0.510. The highest BCUT2D eigenvalue weighted by molar-refractivity contribution is 6.76. The molecule has 1 aromatic heterocycles. The number of aromatic nitrogens is 2. The second-order valence-corrected chi connectivity index (χ2v) is 6.91. The summed E-state index contributed by atoms with van der Waals surface area (Å²) in [5.41, 5.74) is 3.04. The predicted molar refractivity (Wildman–Crippen MR) is 90.2 cm³/mol. The van der Waals surface area contributed by atoms with Gasteiger partial charge in [-0.1, -0.05) is 34.8 Å². The SMILES string of the molecule is Cc1cc(C)nc(Nc2ccc(NC(=O)C(Cl)(Cl)Cl)cc2)n1. The molecule has 0 aliphatic heterocycles. The summed E-state index contributed by atoms with van der Waals surface area (Å²) in [5, 5.41) is 5.58. The zero-order valence-electron chi connectivity index (χ0n) is 11.8. The Morgan fingerprint density at radius 3 is 2.00 bits per heavy atom. The lowest BCUT2D eigenvalue weighted by molar-refractivity contribution is -0.115. The van der Waals surface area contributed by atoms with Crippen LogP contribution in [-0.2, 0) is 4.79 Å². The number of benzene rings is 1. The van der Waals surface area contributed by atoms with Gasteiger partial charge in [-0.2, -0.15) is 0 Å². The molecule has 0 atom stereocenters. The first kappa shape index (κ1) is 16.8. The maximum absolute atomic E-state index is 11.5. The molecule has 0 saturated heterocycles. The summed E-state index contributed by atoms with van der Waals surface area (Å²) in [6.45, 7) is 3.80. The Morgan fingerprint density at radius 2 is 1.50 bits per heavy atom. The van der Waals surface area contributed by atoms with Crippen molar-refractivity contribution in [1.29, 1.82) is 0 Å². The van der Waals surface area contributed by atoms with Crippen LogP contribution in [0.15, 0.2) is 30.3 Å². The number of anilines is 3. The lowest BCUT2D eigenvalue weighted by Crippen LogP contribution is -2.26. The van der Waals surface area contributed by atoms with Crippen LogP contribution in [0.1, 0.15) is 11.4 Å². The van der Waals surface area contributed by atoms with E-state index < -0.39 is 9.70 Å². The van der Waals surface area contributed by atoms with Crippen molar-refractivity contribution in [1.82, 2.24) is 9.97 Å². The molecule has 0 radical (unpaired) electrons. The van der Waals surface area contributed by atoms with E-state index >= 15 is 0 Å². The number of amides is 1. The average molecular weight is 360 g/mol. The second kappa shape index (κ2) is 6.69. The smallest absolute Gasteiger partial charge is 0.276 e. The molecule has 2 N–H and O–H groups in total. The van der Waals surface area contributed by atoms with Crippen molar-refractivity contribution in [3.8, 4) is 0 Å². The molecule has 116 valence electrons. The zero-order chi connectivity index (χ0) is 16.3. The first-order chi connectivity index (χ1) is 10.2. The van der Waals surface area contributed by atoms with E-state index in [4.69, 9.17) is 34.8 Å². The molecule has 1 amide bonds. The molecule has 1 heterocycles. The third kappa shape index (κ3) is 4.73. The average Bonchev–Trinajstić information content (AvgIpc) is 2.38. The van der Waals surface area contributed by atoms with Crippen LogP contribution in [-0.4, -0.2) is 19.7 Å². The molecule has 0 aliphatic carbocycles. The highest BCUT2D eigenvalue weighted by Gasteiger charge is 2.30. The fraction of sp³-hybridized carbons (Fsp3) is 0.214. The molecular formula is C14H13Cl3N4O. The Balaban J connectivity index is 2.07. The summed E-state index contributed by atoms with van der Waals surface area (Å²) in [7, 11) is 0. The van der Waals surface area contributed by atoms with Crippen LogP contribution in [0.5, 0.6) is 0 Å². The van der Waals surface area contributed by atoms with Crippen molar-refractivity contribution < 1.29 is 4.79 Å². The monoisotopic (exact) mass is 358 g/mol. The molecule has 8 heteroatoms. The molecular weight excluding hydrogens is 347 g/mol. The van der Waals surface area contributed by atoms with E-state index in [-0.39, 0.29) is 0 Å². The molecule has 2 aromatic rings. The summed E-state index contributed by atoms with van der Waals surface area (Å²) in [6, 6.07) is 8.77. The topological polar surface area (TPSA) is 66.9 Å². The summed E-state index contributed by atoms with van der Waals surface area (Å²) in [4.78, 5) is 20.1. The number of alkyl halides is 3. The molecule has 5 nitrogen and oxygen atoms in total. The van der Waals surface area contributed by atoms with E-state index in [1.807, 2.05) is 19.9 Å². The lowest BCUT2D eigenvalue weighted by atomic mass is 10.3. The van der Waals surface area contributed by atoms with Crippen molar-refractivity contribution >= 4 is 58.0 Å². The third-order valence-electron chi connectivity index (χ3n) is 2.64.